The van der Waals surface area contributed by atoms with Gasteiger partial charge < -0.3 is 5.32 Å². The Labute approximate surface area is 115 Å². The Kier molecular flexibility index (Phi) is 5.25. The standard InChI is InChI=1S/C16H34N2/c1-13(2)10-14-11-18(9-8-17-14)16(6,7)12-15(3,4)5/h13-14,17H,8-12H2,1-7H3. The number of piperazine rings is 1. The van der Waals surface area contributed by atoms with Gasteiger partial charge in [0.2, 0.25) is 0 Å². The molecule has 0 aromatic carbocycles. The van der Waals surface area contributed by atoms with Crippen molar-refractivity contribution in [1.29, 1.82) is 0 Å². The molecule has 0 radical (unpaired) electrons. The van der Waals surface area contributed by atoms with E-state index in [-0.39, 0.29) is 0 Å². The van der Waals surface area contributed by atoms with E-state index in [1.165, 1.54) is 25.9 Å². The summed E-state index contributed by atoms with van der Waals surface area (Å²) in [6, 6.07) is 0.679. The van der Waals surface area contributed by atoms with Gasteiger partial charge in [-0.1, -0.05) is 34.6 Å². The maximum absolute atomic E-state index is 3.67. The highest BCUT2D eigenvalue weighted by Crippen LogP contribution is 2.32. The van der Waals surface area contributed by atoms with Gasteiger partial charge in [0, 0.05) is 31.2 Å². The van der Waals surface area contributed by atoms with Crippen LogP contribution < -0.4 is 5.32 Å². The summed E-state index contributed by atoms with van der Waals surface area (Å²) in [7, 11) is 0. The molecule has 0 aliphatic carbocycles. The van der Waals surface area contributed by atoms with Crippen molar-refractivity contribution in [3.8, 4) is 0 Å². The third-order valence-corrected chi connectivity index (χ3v) is 3.83. The molecular formula is C16H34N2. The summed E-state index contributed by atoms with van der Waals surface area (Å²) in [4.78, 5) is 2.70. The molecule has 1 aliphatic heterocycles. The van der Waals surface area contributed by atoms with Crippen LogP contribution in [0.2, 0.25) is 0 Å². The molecule has 1 unspecified atom stereocenters. The summed E-state index contributed by atoms with van der Waals surface area (Å²) in [6.07, 6.45) is 2.55. The van der Waals surface area contributed by atoms with Crippen LogP contribution in [0.4, 0.5) is 0 Å². The summed E-state index contributed by atoms with van der Waals surface area (Å²) < 4.78 is 0. The lowest BCUT2D eigenvalue weighted by Crippen LogP contribution is -2.58. The molecule has 0 aromatic rings. The fraction of sp³-hybridized carbons (Fsp3) is 1.00. The molecule has 0 spiro atoms. The monoisotopic (exact) mass is 254 g/mol. The summed E-state index contributed by atoms with van der Waals surface area (Å²) in [5, 5.41) is 3.67. The Morgan fingerprint density at radius 2 is 1.78 bits per heavy atom. The average Bonchev–Trinajstić information content (AvgIpc) is 2.13. The molecule has 18 heavy (non-hydrogen) atoms. The highest BCUT2D eigenvalue weighted by molar-refractivity contribution is 4.91. The van der Waals surface area contributed by atoms with Crippen LogP contribution in [0, 0.1) is 11.3 Å². The second-order valence-corrected chi connectivity index (χ2v) is 8.28. The van der Waals surface area contributed by atoms with Gasteiger partial charge in [-0.15, -0.1) is 0 Å². The molecule has 0 saturated carbocycles. The molecule has 1 heterocycles. The van der Waals surface area contributed by atoms with Crippen LogP contribution in [0.1, 0.15) is 61.3 Å². The predicted octanol–water partition coefficient (Wildman–Crippen LogP) is 3.52. The number of nitrogens with zero attached hydrogens (tertiary/aromatic N) is 1. The van der Waals surface area contributed by atoms with Crippen LogP contribution in [-0.2, 0) is 0 Å². The van der Waals surface area contributed by atoms with Gasteiger partial charge in [0.05, 0.1) is 0 Å². The first-order valence-electron chi connectivity index (χ1n) is 7.58. The van der Waals surface area contributed by atoms with Crippen molar-refractivity contribution < 1.29 is 0 Å². The van der Waals surface area contributed by atoms with E-state index in [1.807, 2.05) is 0 Å². The lowest BCUT2D eigenvalue weighted by atomic mass is 9.80. The smallest absolute Gasteiger partial charge is 0.0198 e. The highest BCUT2D eigenvalue weighted by atomic mass is 15.2. The zero-order valence-electron chi connectivity index (χ0n) is 13.6. The van der Waals surface area contributed by atoms with Crippen molar-refractivity contribution in [2.45, 2.75) is 72.9 Å². The van der Waals surface area contributed by atoms with Crippen LogP contribution in [0.5, 0.6) is 0 Å². The third-order valence-electron chi connectivity index (χ3n) is 3.83. The predicted molar refractivity (Wildman–Crippen MR) is 81.0 cm³/mol. The van der Waals surface area contributed by atoms with Crippen molar-refractivity contribution in [2.75, 3.05) is 19.6 Å². The topological polar surface area (TPSA) is 15.3 Å². The normalized spacial score (nSPS) is 23.7. The molecule has 0 aromatic heterocycles. The van der Waals surface area contributed by atoms with Gasteiger partial charge in [0.15, 0.2) is 0 Å². The zero-order chi connectivity index (χ0) is 14.0. The van der Waals surface area contributed by atoms with Gasteiger partial charge in [0.1, 0.15) is 0 Å². The van der Waals surface area contributed by atoms with E-state index in [1.54, 1.807) is 0 Å². The van der Waals surface area contributed by atoms with E-state index in [2.05, 4.69) is 58.7 Å². The van der Waals surface area contributed by atoms with Gasteiger partial charge in [-0.05, 0) is 38.0 Å². The SMILES string of the molecule is CC(C)CC1CN(C(C)(C)CC(C)(C)C)CCN1. The van der Waals surface area contributed by atoms with E-state index >= 15 is 0 Å². The molecule has 1 saturated heterocycles. The molecule has 2 heteroatoms. The minimum atomic E-state index is 0.315. The second-order valence-electron chi connectivity index (χ2n) is 8.28. The lowest BCUT2D eigenvalue weighted by Gasteiger charge is -2.47. The van der Waals surface area contributed by atoms with Gasteiger partial charge >= 0.3 is 0 Å². The summed E-state index contributed by atoms with van der Waals surface area (Å²) in [5.41, 5.74) is 0.720. The van der Waals surface area contributed by atoms with Crippen molar-refractivity contribution in [3.05, 3.63) is 0 Å². The van der Waals surface area contributed by atoms with E-state index < -0.39 is 0 Å². The first-order chi connectivity index (χ1) is 8.10. The van der Waals surface area contributed by atoms with E-state index in [4.69, 9.17) is 0 Å². The zero-order valence-corrected chi connectivity index (χ0v) is 13.6. The minimum absolute atomic E-state index is 0.315. The summed E-state index contributed by atoms with van der Waals surface area (Å²) in [6.45, 7) is 20.1. The van der Waals surface area contributed by atoms with E-state index in [0.29, 0.717) is 17.0 Å². The van der Waals surface area contributed by atoms with Crippen LogP contribution in [0.25, 0.3) is 0 Å². The van der Waals surface area contributed by atoms with Crippen molar-refractivity contribution in [2.24, 2.45) is 11.3 Å². The molecule has 1 rings (SSSR count). The minimum Gasteiger partial charge on any atom is -0.311 e. The third kappa shape index (κ3) is 5.27. The Hall–Kier alpha value is -0.0800. The van der Waals surface area contributed by atoms with Gasteiger partial charge in [-0.25, -0.2) is 0 Å². The van der Waals surface area contributed by atoms with Crippen molar-refractivity contribution in [1.82, 2.24) is 10.2 Å². The highest BCUT2D eigenvalue weighted by Gasteiger charge is 2.34. The molecular weight excluding hydrogens is 220 g/mol. The number of hydrogen-bond acceptors (Lipinski definition) is 2. The van der Waals surface area contributed by atoms with Gasteiger partial charge in [0.25, 0.3) is 0 Å². The molecule has 1 aliphatic rings. The Bertz CT molecular complexity index is 250. The molecule has 2 nitrogen and oxygen atoms in total. The fourth-order valence-corrected chi connectivity index (χ4v) is 3.51. The Balaban J connectivity index is 2.59. The van der Waals surface area contributed by atoms with Crippen molar-refractivity contribution >= 4 is 0 Å². The van der Waals surface area contributed by atoms with Crippen LogP contribution in [-0.4, -0.2) is 36.1 Å². The summed E-state index contributed by atoms with van der Waals surface area (Å²) >= 11 is 0. The summed E-state index contributed by atoms with van der Waals surface area (Å²) in [5.74, 6) is 0.785. The van der Waals surface area contributed by atoms with E-state index in [0.717, 1.165) is 12.5 Å². The number of rotatable bonds is 4. The second kappa shape index (κ2) is 5.92. The fourth-order valence-electron chi connectivity index (χ4n) is 3.51. The number of hydrogen-bond donors (Lipinski definition) is 1. The van der Waals surface area contributed by atoms with E-state index in [9.17, 15) is 0 Å². The van der Waals surface area contributed by atoms with Crippen LogP contribution in [0.3, 0.4) is 0 Å². The van der Waals surface area contributed by atoms with Crippen LogP contribution in [0.15, 0.2) is 0 Å². The first-order valence-corrected chi connectivity index (χ1v) is 7.58. The number of nitrogens with one attached hydrogen (secondary N) is 1. The van der Waals surface area contributed by atoms with Crippen LogP contribution >= 0.6 is 0 Å². The molecule has 0 amide bonds. The lowest BCUT2D eigenvalue weighted by molar-refractivity contribution is 0.0465. The first kappa shape index (κ1) is 16.0. The van der Waals surface area contributed by atoms with Gasteiger partial charge in [-0.2, -0.15) is 0 Å². The van der Waals surface area contributed by atoms with Gasteiger partial charge in [-0.3, -0.25) is 4.90 Å². The Morgan fingerprint density at radius 3 is 2.28 bits per heavy atom. The quantitative estimate of drug-likeness (QED) is 0.826. The maximum Gasteiger partial charge on any atom is 0.0198 e. The molecule has 1 atom stereocenters. The Morgan fingerprint density at radius 1 is 1.17 bits per heavy atom. The van der Waals surface area contributed by atoms with Crippen molar-refractivity contribution in [3.63, 3.8) is 0 Å². The average molecular weight is 254 g/mol. The molecule has 108 valence electrons. The maximum atomic E-state index is 3.67. The molecule has 0 bridgehead atoms. The largest absolute Gasteiger partial charge is 0.311 e. The molecule has 1 N–H and O–H groups in total. The molecule has 1 fully saturated rings.